The molecule has 0 aromatic heterocycles. The molecule has 0 radical (unpaired) electrons. The van der Waals surface area contributed by atoms with E-state index in [9.17, 15) is 9.59 Å². The van der Waals surface area contributed by atoms with Crippen LogP contribution >= 0.6 is 0 Å². The molecule has 4 nitrogen and oxygen atoms in total. The average molecular weight is 247 g/mol. The third kappa shape index (κ3) is 2.88. The molecule has 96 valence electrons. The van der Waals surface area contributed by atoms with Gasteiger partial charge in [0.05, 0.1) is 5.56 Å². The topological polar surface area (TPSA) is 46.6 Å². The molecule has 0 heterocycles. The molecule has 0 unspecified atom stereocenters. The van der Waals surface area contributed by atoms with Gasteiger partial charge < -0.3 is 9.64 Å². The summed E-state index contributed by atoms with van der Waals surface area (Å²) in [6, 6.07) is 7.31. The second kappa shape index (κ2) is 5.67. The zero-order chi connectivity index (χ0) is 13.0. The van der Waals surface area contributed by atoms with Crippen LogP contribution in [0.3, 0.4) is 0 Å². The molecule has 0 N–H and O–H groups in total. The molecular weight excluding hydrogens is 230 g/mol. The van der Waals surface area contributed by atoms with Gasteiger partial charge in [0, 0.05) is 12.6 Å². The summed E-state index contributed by atoms with van der Waals surface area (Å²) in [5.41, 5.74) is 0.472. The first-order valence-electron chi connectivity index (χ1n) is 6.22. The quantitative estimate of drug-likeness (QED) is 0.721. The van der Waals surface area contributed by atoms with Gasteiger partial charge in [-0.2, -0.15) is 0 Å². The standard InChI is InChI=1S/C14H17NO3/c1-2-15(12-7-8-12)14(17)10-18-13-6-4-3-5-11(13)9-16/h3-6,9,12H,2,7-8,10H2,1H3. The van der Waals surface area contributed by atoms with Gasteiger partial charge in [-0.15, -0.1) is 0 Å². The van der Waals surface area contributed by atoms with Crippen LogP contribution in [0.25, 0.3) is 0 Å². The van der Waals surface area contributed by atoms with E-state index in [1.54, 1.807) is 24.3 Å². The van der Waals surface area contributed by atoms with E-state index in [0.717, 1.165) is 19.1 Å². The minimum atomic E-state index is -0.0132. The van der Waals surface area contributed by atoms with Gasteiger partial charge in [-0.1, -0.05) is 12.1 Å². The van der Waals surface area contributed by atoms with Crippen molar-refractivity contribution in [2.24, 2.45) is 0 Å². The van der Waals surface area contributed by atoms with Crippen LogP contribution in [0.15, 0.2) is 24.3 Å². The molecule has 1 aromatic carbocycles. The van der Waals surface area contributed by atoms with Crippen molar-refractivity contribution < 1.29 is 14.3 Å². The lowest BCUT2D eigenvalue weighted by atomic mass is 10.2. The number of ether oxygens (including phenoxy) is 1. The van der Waals surface area contributed by atoms with Crippen LogP contribution in [0.4, 0.5) is 0 Å². The summed E-state index contributed by atoms with van der Waals surface area (Å²) in [5, 5.41) is 0. The molecule has 1 amide bonds. The summed E-state index contributed by atoms with van der Waals surface area (Å²) >= 11 is 0. The summed E-state index contributed by atoms with van der Waals surface area (Å²) in [6.45, 7) is 2.67. The fourth-order valence-electron chi connectivity index (χ4n) is 1.96. The van der Waals surface area contributed by atoms with Gasteiger partial charge in [-0.25, -0.2) is 0 Å². The van der Waals surface area contributed by atoms with Crippen LogP contribution in [0.5, 0.6) is 5.75 Å². The number of rotatable bonds is 6. The first kappa shape index (κ1) is 12.6. The highest BCUT2D eigenvalue weighted by atomic mass is 16.5. The third-order valence-electron chi connectivity index (χ3n) is 3.05. The molecule has 4 heteroatoms. The second-order valence-electron chi connectivity index (χ2n) is 4.36. The fraction of sp³-hybridized carbons (Fsp3) is 0.429. The maximum atomic E-state index is 11.9. The van der Waals surface area contributed by atoms with Crippen LogP contribution < -0.4 is 4.74 Å². The number of nitrogens with zero attached hydrogens (tertiary/aromatic N) is 1. The number of para-hydroxylation sites is 1. The summed E-state index contributed by atoms with van der Waals surface area (Å²) < 4.78 is 5.43. The Bertz CT molecular complexity index is 440. The Kier molecular flexibility index (Phi) is 3.97. The molecule has 18 heavy (non-hydrogen) atoms. The molecule has 0 spiro atoms. The molecule has 1 aliphatic carbocycles. The minimum absolute atomic E-state index is 0.00477. The monoisotopic (exact) mass is 247 g/mol. The Morgan fingerprint density at radius 3 is 2.78 bits per heavy atom. The van der Waals surface area contributed by atoms with Crippen molar-refractivity contribution in [3.05, 3.63) is 29.8 Å². The minimum Gasteiger partial charge on any atom is -0.483 e. The van der Waals surface area contributed by atoms with Gasteiger partial charge in [-0.05, 0) is 31.9 Å². The summed E-state index contributed by atoms with van der Waals surface area (Å²) in [4.78, 5) is 24.6. The Morgan fingerprint density at radius 1 is 1.44 bits per heavy atom. The van der Waals surface area contributed by atoms with Gasteiger partial charge >= 0.3 is 0 Å². The Balaban J connectivity index is 1.94. The second-order valence-corrected chi connectivity index (χ2v) is 4.36. The molecule has 1 fully saturated rings. The maximum absolute atomic E-state index is 11.9. The van der Waals surface area contributed by atoms with Gasteiger partial charge in [0.1, 0.15) is 5.75 Å². The van der Waals surface area contributed by atoms with Crippen molar-refractivity contribution in [1.82, 2.24) is 4.90 Å². The van der Waals surface area contributed by atoms with Crippen LogP contribution in [-0.4, -0.2) is 36.3 Å². The number of carbonyl (C=O) groups is 2. The number of benzene rings is 1. The zero-order valence-corrected chi connectivity index (χ0v) is 10.5. The van der Waals surface area contributed by atoms with E-state index in [-0.39, 0.29) is 12.5 Å². The van der Waals surface area contributed by atoms with Gasteiger partial charge in [0.15, 0.2) is 12.9 Å². The fourth-order valence-corrected chi connectivity index (χ4v) is 1.96. The summed E-state index contributed by atoms with van der Waals surface area (Å²) in [7, 11) is 0. The Labute approximate surface area is 107 Å². The number of likely N-dealkylation sites (N-methyl/N-ethyl adjacent to an activating group) is 1. The molecule has 1 aliphatic rings. The first-order valence-corrected chi connectivity index (χ1v) is 6.22. The number of aldehydes is 1. The lowest BCUT2D eigenvalue weighted by Crippen LogP contribution is -2.36. The number of hydrogen-bond donors (Lipinski definition) is 0. The maximum Gasteiger partial charge on any atom is 0.260 e. The predicted octanol–water partition coefficient (Wildman–Crippen LogP) is 1.89. The molecule has 1 saturated carbocycles. The molecule has 0 aliphatic heterocycles. The van der Waals surface area contributed by atoms with E-state index in [2.05, 4.69) is 0 Å². The lowest BCUT2D eigenvalue weighted by Gasteiger charge is -2.20. The van der Waals surface area contributed by atoms with Crippen LogP contribution in [0, 0.1) is 0 Å². The largest absolute Gasteiger partial charge is 0.483 e. The summed E-state index contributed by atoms with van der Waals surface area (Å²) in [6.07, 6.45) is 2.91. The van der Waals surface area contributed by atoms with Crippen molar-refractivity contribution in [3.63, 3.8) is 0 Å². The van der Waals surface area contributed by atoms with Gasteiger partial charge in [0.2, 0.25) is 0 Å². The highest BCUT2D eigenvalue weighted by Crippen LogP contribution is 2.26. The highest BCUT2D eigenvalue weighted by molar-refractivity contribution is 5.81. The molecular formula is C14H17NO3. The van der Waals surface area contributed by atoms with Gasteiger partial charge in [0.25, 0.3) is 5.91 Å². The normalized spacial score (nSPS) is 14.1. The SMILES string of the molecule is CCN(C(=O)COc1ccccc1C=O)C1CC1. The van der Waals surface area contributed by atoms with E-state index in [4.69, 9.17) is 4.74 Å². The van der Waals surface area contributed by atoms with E-state index in [1.165, 1.54) is 0 Å². The average Bonchev–Trinajstić information content (AvgIpc) is 3.22. The first-order chi connectivity index (χ1) is 8.76. The van der Waals surface area contributed by atoms with Crippen LogP contribution in [0.2, 0.25) is 0 Å². The zero-order valence-electron chi connectivity index (χ0n) is 10.5. The van der Waals surface area contributed by atoms with E-state index < -0.39 is 0 Å². The molecule has 1 aromatic rings. The van der Waals surface area contributed by atoms with E-state index in [1.807, 2.05) is 11.8 Å². The smallest absolute Gasteiger partial charge is 0.260 e. The predicted molar refractivity (Wildman–Crippen MR) is 67.7 cm³/mol. The van der Waals surface area contributed by atoms with Gasteiger partial charge in [-0.3, -0.25) is 9.59 Å². The van der Waals surface area contributed by atoms with Crippen LogP contribution in [-0.2, 0) is 4.79 Å². The molecule has 0 saturated heterocycles. The number of hydrogen-bond acceptors (Lipinski definition) is 3. The van der Waals surface area contributed by atoms with Crippen LogP contribution in [0.1, 0.15) is 30.1 Å². The van der Waals surface area contributed by atoms with Crippen molar-refractivity contribution in [1.29, 1.82) is 0 Å². The Hall–Kier alpha value is -1.84. The lowest BCUT2D eigenvalue weighted by molar-refractivity contribution is -0.133. The van der Waals surface area contributed by atoms with E-state index >= 15 is 0 Å². The molecule has 0 atom stereocenters. The summed E-state index contributed by atoms with van der Waals surface area (Å²) in [5.74, 6) is 0.452. The van der Waals surface area contributed by atoms with Crippen molar-refractivity contribution in [2.45, 2.75) is 25.8 Å². The highest BCUT2D eigenvalue weighted by Gasteiger charge is 2.31. The van der Waals surface area contributed by atoms with Crippen molar-refractivity contribution in [2.75, 3.05) is 13.2 Å². The van der Waals surface area contributed by atoms with Crippen molar-refractivity contribution in [3.8, 4) is 5.75 Å². The van der Waals surface area contributed by atoms with E-state index in [0.29, 0.717) is 23.9 Å². The molecule has 0 bridgehead atoms. The Morgan fingerprint density at radius 2 is 2.17 bits per heavy atom. The van der Waals surface area contributed by atoms with Crippen molar-refractivity contribution >= 4 is 12.2 Å². The molecule has 2 rings (SSSR count). The number of amides is 1. The number of carbonyl (C=O) groups excluding carboxylic acids is 2. The third-order valence-corrected chi connectivity index (χ3v) is 3.05.